The van der Waals surface area contributed by atoms with E-state index in [9.17, 15) is 17.6 Å². The predicted molar refractivity (Wildman–Crippen MR) is 125 cm³/mol. The molecule has 0 atom stereocenters. The number of carbonyl (C=O) groups is 1. The van der Waals surface area contributed by atoms with Gasteiger partial charge in [-0.15, -0.1) is 0 Å². The Labute approximate surface area is 200 Å². The van der Waals surface area contributed by atoms with Crippen molar-refractivity contribution in [2.45, 2.75) is 18.4 Å². The Morgan fingerprint density at radius 3 is 2.22 bits per heavy atom. The van der Waals surface area contributed by atoms with E-state index in [0.29, 0.717) is 15.7 Å². The molecule has 0 saturated carbocycles. The Morgan fingerprint density at radius 1 is 1.00 bits per heavy atom. The lowest BCUT2D eigenvalue weighted by Gasteiger charge is -2.23. The second-order valence-corrected chi connectivity index (χ2v) is 10.2. The third-order valence-corrected chi connectivity index (χ3v) is 7.12. The van der Waals surface area contributed by atoms with Gasteiger partial charge in [0.15, 0.2) is 0 Å². The summed E-state index contributed by atoms with van der Waals surface area (Å²) >= 11 is 18.0. The van der Waals surface area contributed by atoms with Crippen molar-refractivity contribution in [1.29, 1.82) is 0 Å². The molecular formula is C22H18Cl3FN2O3S. The van der Waals surface area contributed by atoms with Crippen molar-refractivity contribution in [3.8, 4) is 0 Å². The van der Waals surface area contributed by atoms with E-state index in [1.165, 1.54) is 48.5 Å². The molecule has 3 rings (SSSR count). The van der Waals surface area contributed by atoms with Gasteiger partial charge in [-0.2, -0.15) is 4.31 Å². The highest BCUT2D eigenvalue weighted by Gasteiger charge is 2.28. The van der Waals surface area contributed by atoms with Gasteiger partial charge in [-0.3, -0.25) is 4.79 Å². The molecule has 0 spiro atoms. The predicted octanol–water partition coefficient (Wildman–Crippen LogP) is 5.92. The standard InChI is InChI=1S/C22H18Cl3FN2O3S/c1-14-5-7-18(8-6-14)32(30,31)28(12-19-20(25)3-2-4-21(19)26)13-22(29)27-17-10-15(23)9-16(24)11-17/h2-11H,12-13H2,1H3,(H,27,29). The summed E-state index contributed by atoms with van der Waals surface area (Å²) in [6.07, 6.45) is 0. The molecule has 3 aromatic carbocycles. The fourth-order valence-corrected chi connectivity index (χ4v) is 5.04. The highest BCUT2D eigenvalue weighted by Crippen LogP contribution is 2.26. The lowest BCUT2D eigenvalue weighted by atomic mass is 10.2. The van der Waals surface area contributed by atoms with Crippen LogP contribution in [0.1, 0.15) is 11.1 Å². The van der Waals surface area contributed by atoms with Gasteiger partial charge in [0.2, 0.25) is 15.9 Å². The summed E-state index contributed by atoms with van der Waals surface area (Å²) in [5.74, 6) is -1.34. The maximum Gasteiger partial charge on any atom is 0.243 e. The van der Waals surface area contributed by atoms with Crippen LogP contribution >= 0.6 is 34.8 Å². The van der Waals surface area contributed by atoms with Gasteiger partial charge in [0.1, 0.15) is 5.82 Å². The van der Waals surface area contributed by atoms with Crippen molar-refractivity contribution in [2.75, 3.05) is 11.9 Å². The number of hydrogen-bond acceptors (Lipinski definition) is 3. The summed E-state index contributed by atoms with van der Waals surface area (Å²) in [4.78, 5) is 12.7. The summed E-state index contributed by atoms with van der Waals surface area (Å²) in [6, 6.07) is 14.6. The number of nitrogens with one attached hydrogen (secondary N) is 1. The maximum atomic E-state index is 14.4. The second-order valence-electron chi connectivity index (χ2n) is 6.99. The number of hydrogen-bond donors (Lipinski definition) is 1. The van der Waals surface area contributed by atoms with Crippen LogP contribution in [0.3, 0.4) is 0 Å². The number of anilines is 1. The fraction of sp³-hybridized carbons (Fsp3) is 0.136. The Bertz CT molecular complexity index is 1210. The third-order valence-electron chi connectivity index (χ3n) is 4.52. The molecule has 0 aliphatic heterocycles. The molecule has 3 aromatic rings. The SMILES string of the molecule is Cc1ccc(S(=O)(=O)N(CC(=O)Nc2cc(Cl)cc(Cl)c2)Cc2c(F)cccc2Cl)cc1. The zero-order valence-electron chi connectivity index (χ0n) is 16.8. The highest BCUT2D eigenvalue weighted by molar-refractivity contribution is 7.89. The number of rotatable bonds is 7. The second kappa shape index (κ2) is 10.2. The van der Waals surface area contributed by atoms with E-state index < -0.39 is 34.8 Å². The van der Waals surface area contributed by atoms with E-state index in [-0.39, 0.29) is 15.5 Å². The molecule has 0 radical (unpaired) electrons. The van der Waals surface area contributed by atoms with Crippen LogP contribution in [0.4, 0.5) is 10.1 Å². The molecule has 168 valence electrons. The number of halogens is 4. The highest BCUT2D eigenvalue weighted by atomic mass is 35.5. The van der Waals surface area contributed by atoms with E-state index in [0.717, 1.165) is 9.87 Å². The first-order valence-electron chi connectivity index (χ1n) is 9.32. The monoisotopic (exact) mass is 514 g/mol. The van der Waals surface area contributed by atoms with Crippen molar-refractivity contribution in [3.63, 3.8) is 0 Å². The number of carbonyl (C=O) groups excluding carboxylic acids is 1. The molecule has 32 heavy (non-hydrogen) atoms. The normalized spacial score (nSPS) is 11.6. The quantitative estimate of drug-likeness (QED) is 0.424. The molecule has 0 heterocycles. The largest absolute Gasteiger partial charge is 0.325 e. The van der Waals surface area contributed by atoms with E-state index in [1.54, 1.807) is 12.1 Å². The number of nitrogens with zero attached hydrogens (tertiary/aromatic N) is 1. The Kier molecular flexibility index (Phi) is 7.79. The average Bonchev–Trinajstić information content (AvgIpc) is 2.69. The summed E-state index contributed by atoms with van der Waals surface area (Å²) in [7, 11) is -4.16. The number of aryl methyl sites for hydroxylation is 1. The number of benzene rings is 3. The summed E-state index contributed by atoms with van der Waals surface area (Å²) in [5.41, 5.74) is 1.12. The third kappa shape index (κ3) is 5.99. The number of amides is 1. The van der Waals surface area contributed by atoms with Crippen LogP contribution in [-0.2, 0) is 21.4 Å². The van der Waals surface area contributed by atoms with Crippen molar-refractivity contribution in [1.82, 2.24) is 4.31 Å². The first-order chi connectivity index (χ1) is 15.1. The molecule has 0 fully saturated rings. The first kappa shape index (κ1) is 24.5. The van der Waals surface area contributed by atoms with Crippen molar-refractivity contribution in [2.24, 2.45) is 0 Å². The lowest BCUT2D eigenvalue weighted by Crippen LogP contribution is -2.38. The molecule has 10 heteroatoms. The van der Waals surface area contributed by atoms with Gasteiger partial charge in [0.25, 0.3) is 0 Å². The fourth-order valence-electron chi connectivity index (χ4n) is 2.93. The molecular weight excluding hydrogens is 498 g/mol. The van der Waals surface area contributed by atoms with Crippen LogP contribution in [0.2, 0.25) is 15.1 Å². The van der Waals surface area contributed by atoms with Gasteiger partial charge in [0.05, 0.1) is 11.4 Å². The minimum Gasteiger partial charge on any atom is -0.325 e. The van der Waals surface area contributed by atoms with Gasteiger partial charge in [-0.05, 0) is 49.4 Å². The van der Waals surface area contributed by atoms with E-state index in [2.05, 4.69) is 5.32 Å². The first-order valence-corrected chi connectivity index (χ1v) is 11.9. The van der Waals surface area contributed by atoms with Crippen LogP contribution in [0.25, 0.3) is 0 Å². The van der Waals surface area contributed by atoms with Gasteiger partial charge < -0.3 is 5.32 Å². The van der Waals surface area contributed by atoms with Gasteiger partial charge in [-0.25, -0.2) is 12.8 Å². The summed E-state index contributed by atoms with van der Waals surface area (Å²) in [6.45, 7) is 0.785. The molecule has 1 amide bonds. The average molecular weight is 516 g/mol. The van der Waals surface area contributed by atoms with Gasteiger partial charge in [0, 0.05) is 32.9 Å². The molecule has 0 aliphatic rings. The molecule has 5 nitrogen and oxygen atoms in total. The zero-order valence-corrected chi connectivity index (χ0v) is 19.9. The number of sulfonamides is 1. The zero-order chi connectivity index (χ0) is 23.5. The summed E-state index contributed by atoms with van der Waals surface area (Å²) < 4.78 is 41.9. The molecule has 0 aromatic heterocycles. The minimum atomic E-state index is -4.16. The Morgan fingerprint density at radius 2 is 1.62 bits per heavy atom. The molecule has 0 aliphatic carbocycles. The van der Waals surface area contributed by atoms with E-state index >= 15 is 0 Å². The summed E-state index contributed by atoms with van der Waals surface area (Å²) in [5, 5.41) is 3.22. The van der Waals surface area contributed by atoms with Gasteiger partial charge in [-0.1, -0.05) is 58.6 Å². The minimum absolute atomic E-state index is 0.0332. The topological polar surface area (TPSA) is 66.5 Å². The Balaban J connectivity index is 1.94. The van der Waals surface area contributed by atoms with E-state index in [1.807, 2.05) is 6.92 Å². The Hall–Kier alpha value is -2.16. The van der Waals surface area contributed by atoms with Crippen LogP contribution in [0.15, 0.2) is 65.6 Å². The lowest BCUT2D eigenvalue weighted by molar-refractivity contribution is -0.116. The van der Waals surface area contributed by atoms with Crippen molar-refractivity contribution < 1.29 is 17.6 Å². The van der Waals surface area contributed by atoms with Crippen LogP contribution in [0, 0.1) is 12.7 Å². The maximum absolute atomic E-state index is 14.4. The van der Waals surface area contributed by atoms with Crippen molar-refractivity contribution >= 4 is 56.4 Å². The molecule has 0 saturated heterocycles. The smallest absolute Gasteiger partial charge is 0.243 e. The van der Waals surface area contributed by atoms with Gasteiger partial charge >= 0.3 is 0 Å². The van der Waals surface area contributed by atoms with Crippen LogP contribution in [-0.4, -0.2) is 25.2 Å². The van der Waals surface area contributed by atoms with Crippen LogP contribution < -0.4 is 5.32 Å². The van der Waals surface area contributed by atoms with Crippen molar-refractivity contribution in [3.05, 3.63) is 92.7 Å². The van der Waals surface area contributed by atoms with E-state index in [4.69, 9.17) is 34.8 Å². The molecule has 0 unspecified atom stereocenters. The molecule has 0 bridgehead atoms. The van der Waals surface area contributed by atoms with Crippen LogP contribution in [0.5, 0.6) is 0 Å². The molecule has 1 N–H and O–H groups in total.